The second kappa shape index (κ2) is 9.40. The van der Waals surface area contributed by atoms with Gasteiger partial charge in [-0.2, -0.15) is 4.31 Å². The number of primary sulfonamides is 1. The first-order valence-corrected chi connectivity index (χ1v) is 15.6. The predicted octanol–water partition coefficient (Wildman–Crippen LogP) is 3.45. The number of rotatable bonds is 7. The van der Waals surface area contributed by atoms with Crippen molar-refractivity contribution < 1.29 is 21.6 Å². The van der Waals surface area contributed by atoms with Gasteiger partial charge >= 0.3 is 0 Å². The van der Waals surface area contributed by atoms with Gasteiger partial charge in [0.1, 0.15) is 4.90 Å². The average Bonchev–Trinajstić information content (AvgIpc) is 3.59. The van der Waals surface area contributed by atoms with E-state index in [9.17, 15) is 16.8 Å². The summed E-state index contributed by atoms with van der Waals surface area (Å²) in [5.41, 5.74) is 1.33. The highest BCUT2D eigenvalue weighted by Gasteiger charge is 2.43. The van der Waals surface area contributed by atoms with Crippen LogP contribution in [0.25, 0.3) is 0 Å². The number of anilines is 1. The molecule has 0 amide bonds. The summed E-state index contributed by atoms with van der Waals surface area (Å²) in [5.74, 6) is 0. The molecule has 1 saturated carbocycles. The Morgan fingerprint density at radius 2 is 1.78 bits per heavy atom. The molecule has 2 unspecified atom stereocenters. The highest BCUT2D eigenvalue weighted by atomic mass is 32.2. The van der Waals surface area contributed by atoms with E-state index in [2.05, 4.69) is 12.2 Å². The second-order valence-corrected chi connectivity index (χ2v) is 14.4. The van der Waals surface area contributed by atoms with Crippen molar-refractivity contribution in [1.82, 2.24) is 4.31 Å². The summed E-state index contributed by atoms with van der Waals surface area (Å²) >= 11 is 0. The Labute approximate surface area is 214 Å². The van der Waals surface area contributed by atoms with Gasteiger partial charge in [-0.05, 0) is 54.9 Å². The lowest BCUT2D eigenvalue weighted by Gasteiger charge is -2.25. The van der Waals surface area contributed by atoms with E-state index in [1.165, 1.54) is 48.2 Å². The Balaban J connectivity index is 1.34. The molecule has 3 N–H and O–H groups in total. The Hall–Kier alpha value is -1.98. The van der Waals surface area contributed by atoms with E-state index >= 15 is 0 Å². The van der Waals surface area contributed by atoms with Gasteiger partial charge in [0, 0.05) is 25.0 Å². The minimum Gasteiger partial charge on any atom is -0.381 e. The number of nitrogens with two attached hydrogens (primary N) is 1. The van der Waals surface area contributed by atoms with Crippen molar-refractivity contribution in [3.63, 3.8) is 0 Å². The molecule has 0 aromatic heterocycles. The van der Waals surface area contributed by atoms with E-state index in [1.807, 2.05) is 30.3 Å². The fourth-order valence-corrected chi connectivity index (χ4v) is 8.52. The molecule has 2 atom stereocenters. The van der Waals surface area contributed by atoms with E-state index in [0.29, 0.717) is 31.7 Å². The molecule has 2 saturated heterocycles. The first-order valence-electron chi connectivity index (χ1n) is 12.6. The number of benzene rings is 2. The van der Waals surface area contributed by atoms with Crippen molar-refractivity contribution in [3.05, 3.63) is 54.1 Å². The first-order chi connectivity index (χ1) is 17.0. The molecule has 2 heterocycles. The summed E-state index contributed by atoms with van der Waals surface area (Å²) in [4.78, 5) is -0.293. The van der Waals surface area contributed by atoms with Crippen LogP contribution in [0, 0.1) is 5.41 Å². The third-order valence-corrected chi connectivity index (χ3v) is 11.1. The molecule has 5 rings (SSSR count). The van der Waals surface area contributed by atoms with Gasteiger partial charge in [0.2, 0.25) is 20.0 Å². The molecule has 0 radical (unpaired) electrons. The van der Waals surface area contributed by atoms with Gasteiger partial charge in [0.15, 0.2) is 0 Å². The first kappa shape index (κ1) is 25.7. The lowest BCUT2D eigenvalue weighted by atomic mass is 9.82. The molecule has 3 fully saturated rings. The second-order valence-electron chi connectivity index (χ2n) is 10.9. The van der Waals surface area contributed by atoms with Gasteiger partial charge in [-0.1, -0.05) is 50.1 Å². The zero-order chi connectivity index (χ0) is 25.6. The standard InChI is InChI=1S/C26H35N3O5S2/c1-25(20-7-3-2-4-8-20)13-14-29(18-25)36(32,33)22-9-10-23(24(15-22)35(27,30)31)28-17-21-16-26(19-34-21)11-5-6-12-26/h2-4,7-10,15,21,28H,5-6,11-14,16-19H2,1H3,(H2,27,30,31). The van der Waals surface area contributed by atoms with Crippen LogP contribution in [0.3, 0.4) is 0 Å². The monoisotopic (exact) mass is 533 g/mol. The van der Waals surface area contributed by atoms with Crippen molar-refractivity contribution in [3.8, 4) is 0 Å². The van der Waals surface area contributed by atoms with Crippen molar-refractivity contribution >= 4 is 25.7 Å². The summed E-state index contributed by atoms with van der Waals surface area (Å²) in [6.45, 7) is 3.93. The van der Waals surface area contributed by atoms with Gasteiger partial charge in [-0.25, -0.2) is 22.0 Å². The van der Waals surface area contributed by atoms with Crippen LogP contribution in [-0.2, 0) is 30.2 Å². The van der Waals surface area contributed by atoms with Gasteiger partial charge in [0.25, 0.3) is 0 Å². The maximum absolute atomic E-state index is 13.5. The van der Waals surface area contributed by atoms with E-state index < -0.39 is 20.0 Å². The number of nitrogens with one attached hydrogen (secondary N) is 1. The lowest BCUT2D eigenvalue weighted by Crippen LogP contribution is -2.33. The molecule has 1 aliphatic carbocycles. The van der Waals surface area contributed by atoms with Gasteiger partial charge in [-0.15, -0.1) is 0 Å². The maximum Gasteiger partial charge on any atom is 0.243 e. The Kier molecular flexibility index (Phi) is 6.70. The van der Waals surface area contributed by atoms with E-state index in [4.69, 9.17) is 9.88 Å². The minimum atomic E-state index is -4.16. The molecule has 2 aliphatic heterocycles. The van der Waals surface area contributed by atoms with Gasteiger partial charge in [-0.3, -0.25) is 0 Å². The fourth-order valence-electron chi connectivity index (χ4n) is 6.12. The minimum absolute atomic E-state index is 0.0138. The van der Waals surface area contributed by atoms with Crippen LogP contribution in [0.4, 0.5) is 5.69 Å². The number of sulfonamides is 2. The lowest BCUT2D eigenvalue weighted by molar-refractivity contribution is 0.103. The highest BCUT2D eigenvalue weighted by Crippen LogP contribution is 2.46. The van der Waals surface area contributed by atoms with Crippen molar-refractivity contribution in [2.75, 3.05) is 31.6 Å². The predicted molar refractivity (Wildman–Crippen MR) is 139 cm³/mol. The van der Waals surface area contributed by atoms with Crippen molar-refractivity contribution in [2.24, 2.45) is 10.6 Å². The Bertz CT molecular complexity index is 1320. The van der Waals surface area contributed by atoms with Crippen molar-refractivity contribution in [1.29, 1.82) is 0 Å². The summed E-state index contributed by atoms with van der Waals surface area (Å²) in [6.07, 6.45) is 6.44. The SMILES string of the molecule is CC1(c2ccccc2)CCN(S(=O)(=O)c2ccc(NCC3CC4(CCCC4)CO3)c(S(N)(=O)=O)c2)C1. The third kappa shape index (κ3) is 4.93. The van der Waals surface area contributed by atoms with Gasteiger partial charge < -0.3 is 10.1 Å². The molecule has 10 heteroatoms. The van der Waals surface area contributed by atoms with Crippen molar-refractivity contribution in [2.45, 2.75) is 66.8 Å². The van der Waals surface area contributed by atoms with Crippen LogP contribution in [0.5, 0.6) is 0 Å². The molecule has 2 aromatic carbocycles. The van der Waals surface area contributed by atoms with Crippen LogP contribution in [0.15, 0.2) is 58.3 Å². The normalized spacial score (nSPS) is 26.6. The molecule has 8 nitrogen and oxygen atoms in total. The summed E-state index contributed by atoms with van der Waals surface area (Å²) in [5, 5.41) is 8.67. The number of ether oxygens (including phenoxy) is 1. The van der Waals surface area contributed by atoms with Crippen LogP contribution in [0.1, 0.15) is 51.0 Å². The number of hydrogen-bond donors (Lipinski definition) is 2. The summed E-state index contributed by atoms with van der Waals surface area (Å²) < 4.78 is 59.3. The van der Waals surface area contributed by atoms with E-state index in [-0.39, 0.29) is 26.7 Å². The Morgan fingerprint density at radius 3 is 2.47 bits per heavy atom. The zero-order valence-corrected chi connectivity index (χ0v) is 22.3. The van der Waals surface area contributed by atoms with E-state index in [1.54, 1.807) is 0 Å². The smallest absolute Gasteiger partial charge is 0.243 e. The summed E-state index contributed by atoms with van der Waals surface area (Å²) in [7, 11) is -8.06. The molecular formula is C26H35N3O5S2. The molecule has 196 valence electrons. The maximum atomic E-state index is 13.5. The highest BCUT2D eigenvalue weighted by molar-refractivity contribution is 7.90. The van der Waals surface area contributed by atoms with Gasteiger partial charge in [0.05, 0.1) is 23.3 Å². The van der Waals surface area contributed by atoms with Crippen LogP contribution >= 0.6 is 0 Å². The molecule has 0 bridgehead atoms. The summed E-state index contributed by atoms with van der Waals surface area (Å²) in [6, 6.07) is 14.0. The Morgan fingerprint density at radius 1 is 1.06 bits per heavy atom. The fraction of sp³-hybridized carbons (Fsp3) is 0.538. The van der Waals surface area contributed by atoms with E-state index in [0.717, 1.165) is 18.6 Å². The van der Waals surface area contributed by atoms with Crippen LogP contribution < -0.4 is 10.5 Å². The molecule has 2 aromatic rings. The zero-order valence-electron chi connectivity index (χ0n) is 20.6. The molecule has 1 spiro atoms. The quantitative estimate of drug-likeness (QED) is 0.563. The van der Waals surface area contributed by atoms with Crippen LogP contribution in [-0.4, -0.2) is 53.5 Å². The largest absolute Gasteiger partial charge is 0.381 e. The number of hydrogen-bond acceptors (Lipinski definition) is 6. The molecule has 36 heavy (non-hydrogen) atoms. The molecule has 3 aliphatic rings. The number of nitrogens with zero attached hydrogens (tertiary/aromatic N) is 1. The third-order valence-electron chi connectivity index (χ3n) is 8.28. The average molecular weight is 534 g/mol. The molecular weight excluding hydrogens is 498 g/mol. The topological polar surface area (TPSA) is 119 Å². The van der Waals surface area contributed by atoms with Crippen LogP contribution in [0.2, 0.25) is 0 Å².